The van der Waals surface area contributed by atoms with E-state index in [1.165, 1.54) is 0 Å². The van der Waals surface area contributed by atoms with E-state index in [0.29, 0.717) is 5.71 Å². The van der Waals surface area contributed by atoms with Crippen LogP contribution in [0.15, 0.2) is 65.1 Å². The summed E-state index contributed by atoms with van der Waals surface area (Å²) in [5.74, 6) is 0. The van der Waals surface area contributed by atoms with E-state index in [2.05, 4.69) is 4.40 Å². The minimum Gasteiger partial charge on any atom is -0.238 e. The maximum absolute atomic E-state index is 11.6. The molecule has 0 bridgehead atoms. The van der Waals surface area contributed by atoms with Gasteiger partial charge in [-0.2, -0.15) is 8.42 Å². The lowest BCUT2D eigenvalue weighted by atomic mass is 9.99. The van der Waals surface area contributed by atoms with Crippen LogP contribution in [0.25, 0.3) is 0 Å². The van der Waals surface area contributed by atoms with Gasteiger partial charge in [-0.15, -0.1) is 4.40 Å². The zero-order valence-corrected chi connectivity index (χ0v) is 10.7. The zero-order valence-electron chi connectivity index (χ0n) is 9.93. The van der Waals surface area contributed by atoms with Crippen molar-refractivity contribution in [2.24, 2.45) is 4.40 Å². The van der Waals surface area contributed by atoms with Crippen molar-refractivity contribution < 1.29 is 12.6 Å². The topological polar surface area (TPSA) is 55.7 Å². The summed E-state index contributed by atoms with van der Waals surface area (Å²) in [6.07, 6.45) is -0.673. The average Bonchev–Trinajstić information content (AvgIpc) is 2.77. The third-order valence-electron chi connectivity index (χ3n) is 2.85. The molecule has 0 fully saturated rings. The molecule has 0 saturated heterocycles. The molecule has 1 atom stereocenters. The fourth-order valence-corrected chi connectivity index (χ4v) is 2.94. The number of nitrogens with zero attached hydrogens (tertiary/aromatic N) is 1. The van der Waals surface area contributed by atoms with E-state index in [-0.39, 0.29) is 0 Å². The number of hydrogen-bond donors (Lipinski definition) is 0. The van der Waals surface area contributed by atoms with Crippen molar-refractivity contribution in [2.45, 2.75) is 6.10 Å². The predicted molar refractivity (Wildman–Crippen MR) is 72.2 cm³/mol. The third-order valence-corrected chi connectivity index (χ3v) is 3.70. The summed E-state index contributed by atoms with van der Waals surface area (Å²) in [6.45, 7) is 0. The van der Waals surface area contributed by atoms with Crippen LogP contribution in [0.1, 0.15) is 17.2 Å². The van der Waals surface area contributed by atoms with Gasteiger partial charge in [0.15, 0.2) is 0 Å². The molecule has 2 aromatic carbocycles. The van der Waals surface area contributed by atoms with Crippen molar-refractivity contribution in [3.8, 4) is 0 Å². The molecular formula is C14H11NO3S. The highest BCUT2D eigenvalue weighted by Gasteiger charge is 2.34. The number of benzene rings is 2. The first-order chi connectivity index (χ1) is 9.16. The van der Waals surface area contributed by atoms with E-state index >= 15 is 0 Å². The van der Waals surface area contributed by atoms with Crippen LogP contribution >= 0.6 is 0 Å². The SMILES string of the molecule is O=S1(=O)N=C(c2ccccc2)C(c2ccccc2)O1. The lowest BCUT2D eigenvalue weighted by Crippen LogP contribution is -2.11. The van der Waals surface area contributed by atoms with Crippen LogP contribution in [0.3, 0.4) is 0 Å². The summed E-state index contributed by atoms with van der Waals surface area (Å²) in [5.41, 5.74) is 1.94. The molecule has 0 radical (unpaired) electrons. The van der Waals surface area contributed by atoms with Crippen LogP contribution in [0.5, 0.6) is 0 Å². The van der Waals surface area contributed by atoms with Gasteiger partial charge in [0.05, 0.1) is 5.71 Å². The molecule has 0 aromatic heterocycles. The van der Waals surface area contributed by atoms with Gasteiger partial charge >= 0.3 is 10.3 Å². The minimum absolute atomic E-state index is 0.423. The van der Waals surface area contributed by atoms with E-state index in [1.54, 1.807) is 0 Å². The Labute approximate surface area is 111 Å². The second-order valence-electron chi connectivity index (χ2n) is 4.16. The molecule has 5 heteroatoms. The third kappa shape index (κ3) is 2.43. The highest BCUT2D eigenvalue weighted by molar-refractivity contribution is 7.85. The highest BCUT2D eigenvalue weighted by Crippen LogP contribution is 2.31. The van der Waals surface area contributed by atoms with Crippen molar-refractivity contribution in [2.75, 3.05) is 0 Å². The lowest BCUT2D eigenvalue weighted by Gasteiger charge is -2.11. The normalized spacial score (nSPS) is 21.1. The Morgan fingerprint density at radius 2 is 1.47 bits per heavy atom. The molecule has 0 amide bonds. The second kappa shape index (κ2) is 4.60. The van der Waals surface area contributed by atoms with Gasteiger partial charge in [-0.05, 0) is 5.56 Å². The molecule has 1 heterocycles. The van der Waals surface area contributed by atoms with E-state index < -0.39 is 16.4 Å². The Balaban J connectivity index is 2.09. The van der Waals surface area contributed by atoms with Gasteiger partial charge < -0.3 is 0 Å². The Kier molecular flexibility index (Phi) is 2.93. The van der Waals surface area contributed by atoms with Crippen molar-refractivity contribution >= 4 is 16.0 Å². The smallest absolute Gasteiger partial charge is 0.238 e. The highest BCUT2D eigenvalue weighted by atomic mass is 32.2. The van der Waals surface area contributed by atoms with E-state index in [4.69, 9.17) is 4.18 Å². The summed E-state index contributed by atoms with van der Waals surface area (Å²) in [4.78, 5) is 0. The summed E-state index contributed by atoms with van der Waals surface area (Å²) in [6, 6.07) is 18.4. The van der Waals surface area contributed by atoms with Gasteiger partial charge in [-0.3, -0.25) is 0 Å². The molecule has 4 nitrogen and oxygen atoms in total. The molecule has 0 saturated carbocycles. The van der Waals surface area contributed by atoms with Gasteiger partial charge in [0.25, 0.3) is 0 Å². The molecule has 1 unspecified atom stereocenters. The summed E-state index contributed by atoms with van der Waals surface area (Å²) in [5, 5.41) is 0. The van der Waals surface area contributed by atoms with Crippen LogP contribution < -0.4 is 0 Å². The molecule has 2 aromatic rings. The zero-order chi connectivity index (χ0) is 13.3. The summed E-state index contributed by atoms with van der Waals surface area (Å²) >= 11 is 0. The first-order valence-electron chi connectivity index (χ1n) is 5.79. The fourth-order valence-electron chi connectivity index (χ4n) is 2.01. The molecule has 0 aliphatic carbocycles. The summed E-state index contributed by atoms with van der Waals surface area (Å²) < 4.78 is 32.0. The van der Waals surface area contributed by atoms with Gasteiger partial charge in [0.2, 0.25) is 0 Å². The Morgan fingerprint density at radius 3 is 2.11 bits per heavy atom. The largest absolute Gasteiger partial charge is 0.382 e. The van der Waals surface area contributed by atoms with Crippen LogP contribution in [-0.4, -0.2) is 14.1 Å². The number of hydrogen-bond acceptors (Lipinski definition) is 3. The van der Waals surface area contributed by atoms with Crippen molar-refractivity contribution in [3.05, 3.63) is 71.8 Å². The molecule has 1 aliphatic rings. The average molecular weight is 273 g/mol. The molecular weight excluding hydrogens is 262 g/mol. The van der Waals surface area contributed by atoms with E-state index in [9.17, 15) is 8.42 Å². The summed E-state index contributed by atoms with van der Waals surface area (Å²) in [7, 11) is -3.85. The van der Waals surface area contributed by atoms with Gasteiger partial charge in [0.1, 0.15) is 6.10 Å². The van der Waals surface area contributed by atoms with Crippen LogP contribution in [0.2, 0.25) is 0 Å². The maximum Gasteiger partial charge on any atom is 0.382 e. The van der Waals surface area contributed by atoms with Gasteiger partial charge in [-0.25, -0.2) is 4.18 Å². The lowest BCUT2D eigenvalue weighted by molar-refractivity contribution is 0.292. The standard InChI is InChI=1S/C14H11NO3S/c16-19(17)15-13(11-7-3-1-4-8-11)14(18-19)12-9-5-2-6-10-12/h1-10,14H. The number of rotatable bonds is 2. The fraction of sp³-hybridized carbons (Fsp3) is 0.0714. The molecule has 96 valence electrons. The maximum atomic E-state index is 11.6. The van der Waals surface area contributed by atoms with E-state index in [1.807, 2.05) is 60.7 Å². The molecule has 0 N–H and O–H groups in total. The molecule has 19 heavy (non-hydrogen) atoms. The van der Waals surface area contributed by atoms with Crippen LogP contribution in [0, 0.1) is 0 Å². The Bertz CT molecular complexity index is 709. The first-order valence-corrected chi connectivity index (χ1v) is 7.16. The quantitative estimate of drug-likeness (QED) is 0.844. The molecule has 1 aliphatic heterocycles. The van der Waals surface area contributed by atoms with Crippen molar-refractivity contribution in [1.82, 2.24) is 0 Å². The van der Waals surface area contributed by atoms with Crippen molar-refractivity contribution in [3.63, 3.8) is 0 Å². The van der Waals surface area contributed by atoms with E-state index in [0.717, 1.165) is 11.1 Å². The predicted octanol–water partition coefficient (Wildman–Crippen LogP) is 2.49. The van der Waals surface area contributed by atoms with Crippen LogP contribution in [0.4, 0.5) is 0 Å². The second-order valence-corrected chi connectivity index (χ2v) is 5.39. The van der Waals surface area contributed by atoms with Crippen LogP contribution in [-0.2, 0) is 14.5 Å². The Morgan fingerprint density at radius 1 is 0.895 bits per heavy atom. The first kappa shape index (κ1) is 12.1. The van der Waals surface area contributed by atoms with Gasteiger partial charge in [-0.1, -0.05) is 60.7 Å². The monoisotopic (exact) mass is 273 g/mol. The minimum atomic E-state index is -3.85. The van der Waals surface area contributed by atoms with Gasteiger partial charge in [0, 0.05) is 5.56 Å². The Hall–Kier alpha value is -1.98. The molecule has 3 rings (SSSR count). The molecule has 0 spiro atoms. The van der Waals surface area contributed by atoms with Crippen molar-refractivity contribution in [1.29, 1.82) is 0 Å².